The highest BCUT2D eigenvalue weighted by atomic mass is 35.5. The van der Waals surface area contributed by atoms with Crippen molar-refractivity contribution in [2.75, 3.05) is 0 Å². The minimum absolute atomic E-state index is 0.0689. The number of benzene rings is 2. The number of rotatable bonds is 2. The second-order valence-corrected chi connectivity index (χ2v) is 5.60. The molecule has 0 amide bonds. The highest BCUT2D eigenvalue weighted by Gasteiger charge is 2.14. The molecule has 0 atom stereocenters. The summed E-state index contributed by atoms with van der Waals surface area (Å²) in [6.07, 6.45) is 0. The number of halogens is 2. The fourth-order valence-electron chi connectivity index (χ4n) is 1.79. The maximum atomic E-state index is 12.9. The Hall–Kier alpha value is -1.91. The number of carbonyl (C=O) groups excluding carboxylic acids is 1. The Morgan fingerprint density at radius 3 is 2.70 bits per heavy atom. The van der Waals surface area contributed by atoms with Crippen molar-refractivity contribution in [3.05, 3.63) is 64.2 Å². The van der Waals surface area contributed by atoms with Crippen LogP contribution in [-0.2, 0) is 0 Å². The van der Waals surface area contributed by atoms with Gasteiger partial charge in [0.25, 0.3) is 0 Å². The van der Waals surface area contributed by atoms with Crippen LogP contribution in [0.15, 0.2) is 48.5 Å². The van der Waals surface area contributed by atoms with Gasteiger partial charge in [-0.3, -0.25) is 0 Å². The molecule has 100 valence electrons. The molecular formula is C15H8ClFO2S. The average Bonchev–Trinajstić information content (AvgIpc) is 2.86. The molecule has 1 aromatic heterocycles. The zero-order valence-electron chi connectivity index (χ0n) is 10.1. The van der Waals surface area contributed by atoms with E-state index in [4.69, 9.17) is 16.3 Å². The van der Waals surface area contributed by atoms with E-state index in [0.717, 1.165) is 16.2 Å². The van der Waals surface area contributed by atoms with Crippen molar-refractivity contribution in [1.29, 1.82) is 0 Å². The van der Waals surface area contributed by atoms with Crippen LogP contribution in [0.5, 0.6) is 5.75 Å². The van der Waals surface area contributed by atoms with Gasteiger partial charge in [-0.1, -0.05) is 29.8 Å². The number of carbonyl (C=O) groups is 1. The van der Waals surface area contributed by atoms with E-state index in [1.807, 2.05) is 24.3 Å². The summed E-state index contributed by atoms with van der Waals surface area (Å²) in [5.74, 6) is -0.827. The Morgan fingerprint density at radius 2 is 1.95 bits per heavy atom. The second-order valence-electron chi connectivity index (χ2n) is 4.11. The molecule has 0 fully saturated rings. The van der Waals surface area contributed by atoms with Crippen LogP contribution >= 0.6 is 22.9 Å². The van der Waals surface area contributed by atoms with Gasteiger partial charge in [-0.05, 0) is 35.7 Å². The summed E-state index contributed by atoms with van der Waals surface area (Å²) in [5.41, 5.74) is 0. The molecule has 3 aromatic rings. The molecule has 1 heterocycles. The number of hydrogen-bond acceptors (Lipinski definition) is 3. The van der Waals surface area contributed by atoms with E-state index in [1.54, 1.807) is 6.07 Å². The maximum absolute atomic E-state index is 12.9. The van der Waals surface area contributed by atoms with Gasteiger partial charge in [0.05, 0.1) is 5.02 Å². The third-order valence-electron chi connectivity index (χ3n) is 2.72. The Bertz CT molecular complexity index is 764. The summed E-state index contributed by atoms with van der Waals surface area (Å²) in [6.45, 7) is 0. The minimum Gasteiger partial charge on any atom is -0.421 e. The van der Waals surface area contributed by atoms with Crippen molar-refractivity contribution >= 4 is 39.0 Å². The van der Waals surface area contributed by atoms with Crippen molar-refractivity contribution in [2.24, 2.45) is 0 Å². The van der Waals surface area contributed by atoms with E-state index in [0.29, 0.717) is 4.88 Å². The zero-order valence-corrected chi connectivity index (χ0v) is 11.7. The summed E-state index contributed by atoms with van der Waals surface area (Å²) >= 11 is 7.17. The summed E-state index contributed by atoms with van der Waals surface area (Å²) in [4.78, 5) is 12.5. The van der Waals surface area contributed by atoms with Crippen LogP contribution in [0.1, 0.15) is 9.67 Å². The van der Waals surface area contributed by atoms with Crippen LogP contribution < -0.4 is 4.74 Å². The van der Waals surface area contributed by atoms with E-state index in [2.05, 4.69) is 0 Å². The molecule has 0 aliphatic heterocycles. The van der Waals surface area contributed by atoms with Gasteiger partial charge in [0.2, 0.25) is 0 Å². The Labute approximate surface area is 123 Å². The molecule has 5 heteroatoms. The predicted octanol–water partition coefficient (Wildman–Crippen LogP) is 4.91. The van der Waals surface area contributed by atoms with Crippen LogP contribution in [0.3, 0.4) is 0 Å². The van der Waals surface area contributed by atoms with Crippen LogP contribution in [-0.4, -0.2) is 5.97 Å². The lowest BCUT2D eigenvalue weighted by molar-refractivity contribution is 0.0740. The third-order valence-corrected chi connectivity index (χ3v) is 4.11. The molecule has 0 unspecified atom stereocenters. The standard InChI is InChI=1S/C15H8ClFO2S/c16-11-8-10(17)5-6-12(11)19-15(18)14-7-9-3-1-2-4-13(9)20-14/h1-8H. The molecule has 0 radical (unpaired) electrons. The highest BCUT2D eigenvalue weighted by molar-refractivity contribution is 7.20. The van der Waals surface area contributed by atoms with Gasteiger partial charge < -0.3 is 4.74 Å². The first kappa shape index (κ1) is 13.1. The zero-order chi connectivity index (χ0) is 14.1. The van der Waals surface area contributed by atoms with Gasteiger partial charge in [-0.15, -0.1) is 11.3 Å². The molecular weight excluding hydrogens is 299 g/mol. The van der Waals surface area contributed by atoms with E-state index in [-0.39, 0.29) is 10.8 Å². The minimum atomic E-state index is -0.500. The van der Waals surface area contributed by atoms with Crippen molar-refractivity contribution < 1.29 is 13.9 Å². The normalized spacial score (nSPS) is 10.7. The molecule has 20 heavy (non-hydrogen) atoms. The number of fused-ring (bicyclic) bond motifs is 1. The first-order chi connectivity index (χ1) is 9.63. The van der Waals surface area contributed by atoms with Crippen LogP contribution in [0.25, 0.3) is 10.1 Å². The Balaban J connectivity index is 1.89. The van der Waals surface area contributed by atoms with E-state index in [9.17, 15) is 9.18 Å². The lowest BCUT2D eigenvalue weighted by Crippen LogP contribution is -2.06. The van der Waals surface area contributed by atoms with Crippen LogP contribution in [0.4, 0.5) is 4.39 Å². The predicted molar refractivity (Wildman–Crippen MR) is 78.2 cm³/mol. The molecule has 0 saturated heterocycles. The second kappa shape index (κ2) is 5.23. The summed E-state index contributed by atoms with van der Waals surface area (Å²) in [7, 11) is 0. The Kier molecular flexibility index (Phi) is 3.42. The Morgan fingerprint density at radius 1 is 1.15 bits per heavy atom. The number of hydrogen-bond donors (Lipinski definition) is 0. The molecule has 0 aliphatic rings. The number of esters is 1. The molecule has 0 bridgehead atoms. The molecule has 2 aromatic carbocycles. The number of ether oxygens (including phenoxy) is 1. The molecule has 3 rings (SSSR count). The maximum Gasteiger partial charge on any atom is 0.353 e. The van der Waals surface area contributed by atoms with Gasteiger partial charge in [0.1, 0.15) is 16.4 Å². The summed E-state index contributed by atoms with van der Waals surface area (Å²) in [6, 6.07) is 13.1. The van der Waals surface area contributed by atoms with E-state index in [1.165, 1.54) is 23.5 Å². The molecule has 0 saturated carbocycles. The number of thiophene rings is 1. The topological polar surface area (TPSA) is 26.3 Å². The summed E-state index contributed by atoms with van der Waals surface area (Å²) in [5, 5.41) is 1.05. The first-order valence-electron chi connectivity index (χ1n) is 5.79. The molecule has 2 nitrogen and oxygen atoms in total. The fourth-order valence-corrected chi connectivity index (χ4v) is 2.94. The van der Waals surface area contributed by atoms with Crippen molar-refractivity contribution in [2.45, 2.75) is 0 Å². The van der Waals surface area contributed by atoms with E-state index >= 15 is 0 Å². The molecule has 0 spiro atoms. The monoisotopic (exact) mass is 306 g/mol. The fraction of sp³-hybridized carbons (Fsp3) is 0. The van der Waals surface area contributed by atoms with Crippen molar-refractivity contribution in [1.82, 2.24) is 0 Å². The van der Waals surface area contributed by atoms with Crippen molar-refractivity contribution in [3.8, 4) is 5.75 Å². The van der Waals surface area contributed by atoms with Crippen LogP contribution in [0, 0.1) is 5.82 Å². The first-order valence-corrected chi connectivity index (χ1v) is 6.99. The van der Waals surface area contributed by atoms with Gasteiger partial charge in [-0.25, -0.2) is 9.18 Å². The average molecular weight is 307 g/mol. The quantitative estimate of drug-likeness (QED) is 0.496. The lowest BCUT2D eigenvalue weighted by atomic mass is 10.2. The summed E-state index contributed by atoms with van der Waals surface area (Å²) < 4.78 is 19.1. The molecule has 0 N–H and O–H groups in total. The van der Waals surface area contributed by atoms with Gasteiger partial charge in [-0.2, -0.15) is 0 Å². The molecule has 0 aliphatic carbocycles. The highest BCUT2D eigenvalue weighted by Crippen LogP contribution is 2.29. The van der Waals surface area contributed by atoms with E-state index < -0.39 is 11.8 Å². The van der Waals surface area contributed by atoms with Crippen LogP contribution in [0.2, 0.25) is 5.02 Å². The third kappa shape index (κ3) is 2.53. The smallest absolute Gasteiger partial charge is 0.353 e. The van der Waals surface area contributed by atoms with Gasteiger partial charge >= 0.3 is 5.97 Å². The lowest BCUT2D eigenvalue weighted by Gasteiger charge is -2.04. The van der Waals surface area contributed by atoms with Gasteiger partial charge in [0.15, 0.2) is 0 Å². The van der Waals surface area contributed by atoms with Gasteiger partial charge in [0, 0.05) is 4.70 Å². The van der Waals surface area contributed by atoms with Crippen molar-refractivity contribution in [3.63, 3.8) is 0 Å². The largest absolute Gasteiger partial charge is 0.421 e. The SMILES string of the molecule is O=C(Oc1ccc(F)cc1Cl)c1cc2ccccc2s1.